The van der Waals surface area contributed by atoms with Crippen LogP contribution in [0.15, 0.2) is 18.5 Å². The zero-order valence-electron chi connectivity index (χ0n) is 9.27. The predicted molar refractivity (Wildman–Crippen MR) is 59.8 cm³/mol. The normalized spacial score (nSPS) is 10.1. The van der Waals surface area contributed by atoms with Gasteiger partial charge in [0, 0.05) is 7.05 Å². The highest BCUT2D eigenvalue weighted by molar-refractivity contribution is 5.47. The van der Waals surface area contributed by atoms with Gasteiger partial charge in [-0.05, 0) is 0 Å². The topological polar surface area (TPSA) is 134 Å². The summed E-state index contributed by atoms with van der Waals surface area (Å²) in [5.74, 6) is 5.24. The number of aryl methyl sites for hydroxylation is 1. The van der Waals surface area contributed by atoms with Gasteiger partial charge in [0.1, 0.15) is 6.33 Å². The van der Waals surface area contributed by atoms with E-state index in [-0.39, 0.29) is 23.4 Å². The van der Waals surface area contributed by atoms with Crippen LogP contribution in [0.1, 0.15) is 0 Å². The molecule has 0 saturated carbocycles. The average molecular weight is 251 g/mol. The van der Waals surface area contributed by atoms with E-state index in [4.69, 9.17) is 10.6 Å². The van der Waals surface area contributed by atoms with Gasteiger partial charge in [-0.3, -0.25) is 14.8 Å². The van der Waals surface area contributed by atoms with Gasteiger partial charge in [-0.2, -0.15) is 9.97 Å². The Hall–Kier alpha value is -2.75. The lowest BCUT2D eigenvalue weighted by Gasteiger charge is -2.03. The maximum absolute atomic E-state index is 10.7. The van der Waals surface area contributed by atoms with Gasteiger partial charge < -0.3 is 10.2 Å². The Morgan fingerprint density at radius 3 is 2.89 bits per heavy atom. The highest BCUT2D eigenvalue weighted by Crippen LogP contribution is 2.24. The summed E-state index contributed by atoms with van der Waals surface area (Å²) in [5.41, 5.74) is 2.01. The fraction of sp³-hybridized carbons (Fsp3) is 0.125. The Bertz CT molecular complexity index is 582. The summed E-state index contributed by atoms with van der Waals surface area (Å²) in [4.78, 5) is 17.8. The van der Waals surface area contributed by atoms with E-state index in [9.17, 15) is 10.1 Å². The average Bonchev–Trinajstić information content (AvgIpc) is 2.74. The number of aromatic nitrogens is 4. The monoisotopic (exact) mass is 251 g/mol. The van der Waals surface area contributed by atoms with Crippen molar-refractivity contribution in [1.82, 2.24) is 19.7 Å². The molecule has 2 aromatic heterocycles. The van der Waals surface area contributed by atoms with Crippen molar-refractivity contribution in [3.63, 3.8) is 0 Å². The molecule has 94 valence electrons. The third-order valence-electron chi connectivity index (χ3n) is 1.92. The second kappa shape index (κ2) is 4.63. The van der Waals surface area contributed by atoms with Crippen LogP contribution in [0.2, 0.25) is 0 Å². The van der Waals surface area contributed by atoms with Crippen molar-refractivity contribution in [3.8, 4) is 11.9 Å². The molecule has 0 aliphatic heterocycles. The lowest BCUT2D eigenvalue weighted by molar-refractivity contribution is -0.384. The number of rotatable bonds is 4. The standard InChI is InChI=1S/C8H9N7O3/c1-14-4-10-8(13-14)18-7-3-5(15(16)17)2-6(11-7)12-9/h2-4H,9H2,1H3,(H,11,12). The first-order chi connectivity index (χ1) is 8.58. The lowest BCUT2D eigenvalue weighted by atomic mass is 10.4. The van der Waals surface area contributed by atoms with Gasteiger partial charge in [0.05, 0.1) is 17.1 Å². The van der Waals surface area contributed by atoms with E-state index in [1.807, 2.05) is 0 Å². The molecule has 0 atom stereocenters. The van der Waals surface area contributed by atoms with Crippen LogP contribution in [-0.4, -0.2) is 24.7 Å². The van der Waals surface area contributed by atoms with Gasteiger partial charge in [0.15, 0.2) is 5.82 Å². The van der Waals surface area contributed by atoms with Crippen molar-refractivity contribution in [1.29, 1.82) is 0 Å². The summed E-state index contributed by atoms with van der Waals surface area (Å²) in [7, 11) is 1.66. The summed E-state index contributed by atoms with van der Waals surface area (Å²) in [6.07, 6.45) is 1.43. The fourth-order valence-corrected chi connectivity index (χ4v) is 1.18. The number of ether oxygens (including phenoxy) is 1. The van der Waals surface area contributed by atoms with E-state index in [1.54, 1.807) is 7.05 Å². The summed E-state index contributed by atoms with van der Waals surface area (Å²) in [5, 5.41) is 14.6. The quantitative estimate of drug-likeness (QED) is 0.447. The van der Waals surface area contributed by atoms with Crippen molar-refractivity contribution in [3.05, 3.63) is 28.6 Å². The number of nitrogens with one attached hydrogen (secondary N) is 1. The third kappa shape index (κ3) is 2.49. The molecule has 0 aliphatic rings. The number of hydrogen-bond donors (Lipinski definition) is 2. The molecule has 2 heterocycles. The SMILES string of the molecule is Cn1cnc(Oc2cc([N+](=O)[O-])cc(NN)n2)n1. The Kier molecular flexibility index (Phi) is 3.02. The van der Waals surface area contributed by atoms with Gasteiger partial charge in [-0.25, -0.2) is 5.84 Å². The first-order valence-corrected chi connectivity index (χ1v) is 4.75. The molecule has 2 rings (SSSR count). The Balaban J connectivity index is 2.32. The number of nitrogen functional groups attached to an aromatic ring is 1. The van der Waals surface area contributed by atoms with Crippen LogP contribution in [0.4, 0.5) is 11.5 Å². The minimum absolute atomic E-state index is 0.0247. The van der Waals surface area contributed by atoms with Crippen molar-refractivity contribution >= 4 is 11.5 Å². The highest BCUT2D eigenvalue weighted by Gasteiger charge is 2.13. The van der Waals surface area contributed by atoms with Crippen LogP contribution in [-0.2, 0) is 7.05 Å². The minimum atomic E-state index is -0.582. The van der Waals surface area contributed by atoms with E-state index in [0.29, 0.717) is 0 Å². The predicted octanol–water partition coefficient (Wildman–Crippen LogP) is 0.196. The molecular weight excluding hydrogens is 242 g/mol. The maximum Gasteiger partial charge on any atom is 0.342 e. The van der Waals surface area contributed by atoms with E-state index in [2.05, 4.69) is 20.5 Å². The largest absolute Gasteiger partial charge is 0.404 e. The molecule has 0 amide bonds. The molecule has 10 nitrogen and oxygen atoms in total. The Morgan fingerprint density at radius 2 is 2.33 bits per heavy atom. The van der Waals surface area contributed by atoms with Crippen LogP contribution in [0.5, 0.6) is 11.9 Å². The van der Waals surface area contributed by atoms with Crippen molar-refractivity contribution in [2.45, 2.75) is 0 Å². The minimum Gasteiger partial charge on any atom is -0.404 e. The molecule has 0 fully saturated rings. The smallest absolute Gasteiger partial charge is 0.342 e. The van der Waals surface area contributed by atoms with Crippen LogP contribution in [0.3, 0.4) is 0 Å². The molecule has 3 N–H and O–H groups in total. The number of anilines is 1. The van der Waals surface area contributed by atoms with Crippen molar-refractivity contribution in [2.75, 3.05) is 5.43 Å². The van der Waals surface area contributed by atoms with E-state index in [1.165, 1.54) is 17.1 Å². The number of nitrogens with zero attached hydrogens (tertiary/aromatic N) is 5. The zero-order valence-corrected chi connectivity index (χ0v) is 9.27. The highest BCUT2D eigenvalue weighted by atomic mass is 16.6. The molecular formula is C8H9N7O3. The molecule has 0 bridgehead atoms. The van der Waals surface area contributed by atoms with Crippen LogP contribution >= 0.6 is 0 Å². The second-order valence-electron chi connectivity index (χ2n) is 3.25. The zero-order chi connectivity index (χ0) is 13.1. The lowest BCUT2D eigenvalue weighted by Crippen LogP contribution is -2.09. The molecule has 0 unspecified atom stereocenters. The number of hydrazine groups is 1. The van der Waals surface area contributed by atoms with Gasteiger partial charge in [-0.1, -0.05) is 0 Å². The molecule has 0 saturated heterocycles. The van der Waals surface area contributed by atoms with Crippen molar-refractivity contribution < 1.29 is 9.66 Å². The molecule has 18 heavy (non-hydrogen) atoms. The summed E-state index contributed by atoms with van der Waals surface area (Å²) < 4.78 is 6.60. The van der Waals surface area contributed by atoms with Gasteiger partial charge in [0.2, 0.25) is 5.88 Å². The van der Waals surface area contributed by atoms with E-state index >= 15 is 0 Å². The maximum atomic E-state index is 10.7. The Labute approximate surface area is 101 Å². The number of hydrogen-bond acceptors (Lipinski definition) is 8. The molecule has 0 aromatic carbocycles. The number of pyridine rings is 1. The molecule has 0 spiro atoms. The number of nitrogens with two attached hydrogens (primary N) is 1. The fourth-order valence-electron chi connectivity index (χ4n) is 1.18. The molecule has 2 aromatic rings. The summed E-state index contributed by atoms with van der Waals surface area (Å²) in [6.45, 7) is 0. The Morgan fingerprint density at radius 1 is 1.56 bits per heavy atom. The van der Waals surface area contributed by atoms with Crippen LogP contribution < -0.4 is 16.0 Å². The van der Waals surface area contributed by atoms with Gasteiger partial charge in [0.25, 0.3) is 5.69 Å². The summed E-state index contributed by atoms with van der Waals surface area (Å²) >= 11 is 0. The molecule has 10 heteroatoms. The van der Waals surface area contributed by atoms with Crippen LogP contribution in [0.25, 0.3) is 0 Å². The van der Waals surface area contributed by atoms with Gasteiger partial charge >= 0.3 is 6.01 Å². The third-order valence-corrected chi connectivity index (χ3v) is 1.92. The van der Waals surface area contributed by atoms with Gasteiger partial charge in [-0.15, -0.1) is 5.10 Å². The first kappa shape index (κ1) is 11.7. The molecule has 0 radical (unpaired) electrons. The first-order valence-electron chi connectivity index (χ1n) is 4.75. The van der Waals surface area contributed by atoms with E-state index in [0.717, 1.165) is 6.07 Å². The van der Waals surface area contributed by atoms with Crippen LogP contribution in [0, 0.1) is 10.1 Å². The van der Waals surface area contributed by atoms with E-state index < -0.39 is 4.92 Å². The summed E-state index contributed by atoms with van der Waals surface area (Å²) in [6, 6.07) is 2.36. The molecule has 0 aliphatic carbocycles. The second-order valence-corrected chi connectivity index (χ2v) is 3.25. The number of nitro groups is 1. The van der Waals surface area contributed by atoms with Crippen molar-refractivity contribution in [2.24, 2.45) is 12.9 Å².